The Bertz CT molecular complexity index is 437. The second kappa shape index (κ2) is 5.81. The molecule has 1 aromatic rings. The number of rotatable bonds is 6. The largest absolute Gasteiger partial charge is 0.369 e. The van der Waals surface area contributed by atoms with E-state index >= 15 is 0 Å². The summed E-state index contributed by atoms with van der Waals surface area (Å²) >= 11 is 0. The molecule has 2 nitrogen and oxygen atoms in total. The van der Waals surface area contributed by atoms with Gasteiger partial charge in [-0.3, -0.25) is 4.79 Å². The van der Waals surface area contributed by atoms with Crippen LogP contribution in [0.3, 0.4) is 0 Å². The van der Waals surface area contributed by atoms with E-state index in [1.807, 2.05) is 13.8 Å². The number of primary amides is 1. The van der Waals surface area contributed by atoms with Gasteiger partial charge >= 0.3 is 0 Å². The molecule has 2 atom stereocenters. The molecule has 1 aromatic carbocycles. The molecule has 19 heavy (non-hydrogen) atoms. The fourth-order valence-corrected chi connectivity index (χ4v) is 2.42. The molecule has 0 aliphatic heterocycles. The SMILES string of the molecule is BCC(C)(CC)c1ccc(C(C)(CC)C(N)=O)cc1. The van der Waals surface area contributed by atoms with Crippen molar-refractivity contribution in [3.05, 3.63) is 35.4 Å². The fraction of sp³-hybridized carbons (Fsp3) is 0.562. The first kappa shape index (κ1) is 15.8. The van der Waals surface area contributed by atoms with Crippen LogP contribution < -0.4 is 5.73 Å². The van der Waals surface area contributed by atoms with Crippen LogP contribution in [0.15, 0.2) is 24.3 Å². The summed E-state index contributed by atoms with van der Waals surface area (Å²) in [6, 6.07) is 8.43. The van der Waals surface area contributed by atoms with Crippen LogP contribution in [0.4, 0.5) is 0 Å². The van der Waals surface area contributed by atoms with Crippen molar-refractivity contribution in [3.63, 3.8) is 0 Å². The first-order valence-electron chi connectivity index (χ1n) is 7.25. The molecule has 0 saturated carbocycles. The maximum atomic E-state index is 11.7. The highest BCUT2D eigenvalue weighted by atomic mass is 16.1. The van der Waals surface area contributed by atoms with E-state index in [0.717, 1.165) is 24.7 Å². The van der Waals surface area contributed by atoms with Crippen molar-refractivity contribution in [2.45, 2.75) is 57.7 Å². The average Bonchev–Trinajstić information content (AvgIpc) is 2.45. The lowest BCUT2D eigenvalue weighted by Crippen LogP contribution is -2.37. The third-order valence-electron chi connectivity index (χ3n) is 5.03. The fourth-order valence-electron chi connectivity index (χ4n) is 2.42. The number of amides is 1. The van der Waals surface area contributed by atoms with Crippen LogP contribution in [0.2, 0.25) is 6.32 Å². The van der Waals surface area contributed by atoms with Crippen LogP contribution in [0, 0.1) is 0 Å². The molecule has 1 rings (SSSR count). The minimum atomic E-state index is -0.562. The number of carbonyl (C=O) groups excluding carboxylic acids is 1. The molecular formula is C16H26BNO. The number of nitrogens with two attached hydrogens (primary N) is 1. The van der Waals surface area contributed by atoms with Gasteiger partial charge in [-0.15, -0.1) is 0 Å². The first-order valence-corrected chi connectivity index (χ1v) is 7.25. The van der Waals surface area contributed by atoms with Gasteiger partial charge in [-0.25, -0.2) is 0 Å². The third-order valence-corrected chi connectivity index (χ3v) is 5.03. The standard InChI is InChI=1S/C16H26BNO/c1-5-15(3,11-17)12-7-9-13(10-8-12)16(4,6-2)14(18)19/h7-10H,5-6,11,17H2,1-4H3,(H2,18,19). The molecule has 0 saturated heterocycles. The van der Waals surface area contributed by atoms with E-state index in [1.54, 1.807) is 0 Å². The second-order valence-electron chi connectivity index (χ2n) is 5.90. The summed E-state index contributed by atoms with van der Waals surface area (Å²) in [6.45, 7) is 8.43. The zero-order valence-corrected chi connectivity index (χ0v) is 12.9. The van der Waals surface area contributed by atoms with Gasteiger partial charge in [-0.05, 0) is 36.3 Å². The molecule has 0 aliphatic rings. The normalized spacial score (nSPS) is 17.5. The topological polar surface area (TPSA) is 43.1 Å². The molecular weight excluding hydrogens is 233 g/mol. The van der Waals surface area contributed by atoms with Gasteiger partial charge in [0.15, 0.2) is 0 Å². The van der Waals surface area contributed by atoms with Crippen molar-refractivity contribution in [2.75, 3.05) is 0 Å². The summed E-state index contributed by atoms with van der Waals surface area (Å²) in [5, 5.41) is 0. The maximum absolute atomic E-state index is 11.7. The van der Waals surface area contributed by atoms with Crippen LogP contribution in [-0.2, 0) is 15.6 Å². The number of benzene rings is 1. The monoisotopic (exact) mass is 259 g/mol. The minimum Gasteiger partial charge on any atom is -0.369 e. The summed E-state index contributed by atoms with van der Waals surface area (Å²) in [6.07, 6.45) is 2.95. The highest BCUT2D eigenvalue weighted by molar-refractivity contribution is 6.09. The Balaban J connectivity index is 3.16. The number of hydrogen-bond donors (Lipinski definition) is 1. The van der Waals surface area contributed by atoms with E-state index in [9.17, 15) is 4.79 Å². The quantitative estimate of drug-likeness (QED) is 0.784. The van der Waals surface area contributed by atoms with Gasteiger partial charge in [-0.1, -0.05) is 51.4 Å². The van der Waals surface area contributed by atoms with E-state index in [4.69, 9.17) is 5.73 Å². The van der Waals surface area contributed by atoms with Crippen molar-refractivity contribution < 1.29 is 4.79 Å². The van der Waals surface area contributed by atoms with E-state index in [2.05, 4.69) is 46.0 Å². The summed E-state index contributed by atoms with van der Waals surface area (Å²) in [5.41, 5.74) is 7.56. The van der Waals surface area contributed by atoms with Gasteiger partial charge in [0.2, 0.25) is 5.91 Å². The zero-order valence-electron chi connectivity index (χ0n) is 12.9. The number of hydrogen-bond acceptors (Lipinski definition) is 1. The van der Waals surface area contributed by atoms with E-state index in [-0.39, 0.29) is 11.3 Å². The Morgan fingerprint density at radius 2 is 1.58 bits per heavy atom. The molecule has 104 valence electrons. The molecule has 2 N–H and O–H groups in total. The summed E-state index contributed by atoms with van der Waals surface area (Å²) in [7, 11) is 2.22. The van der Waals surface area contributed by atoms with Crippen molar-refractivity contribution in [1.29, 1.82) is 0 Å². The predicted octanol–water partition coefficient (Wildman–Crippen LogP) is 2.56. The van der Waals surface area contributed by atoms with Crippen molar-refractivity contribution in [2.24, 2.45) is 5.73 Å². The van der Waals surface area contributed by atoms with Crippen LogP contribution in [0.1, 0.15) is 51.7 Å². The smallest absolute Gasteiger partial charge is 0.227 e. The van der Waals surface area contributed by atoms with Gasteiger partial charge < -0.3 is 5.73 Å². The van der Waals surface area contributed by atoms with Crippen LogP contribution in [0.25, 0.3) is 0 Å². The minimum absolute atomic E-state index is 0.216. The molecule has 0 radical (unpaired) electrons. The lowest BCUT2D eigenvalue weighted by molar-refractivity contribution is -0.123. The third kappa shape index (κ3) is 2.85. The number of carbonyl (C=O) groups is 1. The lowest BCUT2D eigenvalue weighted by atomic mass is 9.70. The van der Waals surface area contributed by atoms with Gasteiger partial charge in [0.25, 0.3) is 0 Å². The first-order chi connectivity index (χ1) is 8.84. The molecule has 0 bridgehead atoms. The predicted molar refractivity (Wildman–Crippen MR) is 84.3 cm³/mol. The van der Waals surface area contributed by atoms with Gasteiger partial charge in [0, 0.05) is 0 Å². The Hall–Kier alpha value is -1.25. The van der Waals surface area contributed by atoms with E-state index < -0.39 is 5.41 Å². The van der Waals surface area contributed by atoms with Crippen molar-refractivity contribution in [3.8, 4) is 0 Å². The average molecular weight is 259 g/mol. The summed E-state index contributed by atoms with van der Waals surface area (Å²) in [4.78, 5) is 11.7. The molecule has 0 aliphatic carbocycles. The van der Waals surface area contributed by atoms with Gasteiger partial charge in [-0.2, -0.15) is 0 Å². The highest BCUT2D eigenvalue weighted by Crippen LogP contribution is 2.33. The van der Waals surface area contributed by atoms with Crippen LogP contribution >= 0.6 is 0 Å². The Labute approximate surface area is 118 Å². The van der Waals surface area contributed by atoms with Crippen molar-refractivity contribution in [1.82, 2.24) is 0 Å². The van der Waals surface area contributed by atoms with Gasteiger partial charge in [0.1, 0.15) is 7.85 Å². The maximum Gasteiger partial charge on any atom is 0.227 e. The molecule has 3 heteroatoms. The molecule has 2 unspecified atom stereocenters. The van der Waals surface area contributed by atoms with Crippen LogP contribution in [0.5, 0.6) is 0 Å². The van der Waals surface area contributed by atoms with Crippen molar-refractivity contribution >= 4 is 13.8 Å². The molecule has 1 amide bonds. The highest BCUT2D eigenvalue weighted by Gasteiger charge is 2.31. The van der Waals surface area contributed by atoms with E-state index in [0.29, 0.717) is 0 Å². The Morgan fingerprint density at radius 3 is 1.89 bits per heavy atom. The Morgan fingerprint density at radius 1 is 1.11 bits per heavy atom. The van der Waals surface area contributed by atoms with Gasteiger partial charge in [0.05, 0.1) is 5.41 Å². The zero-order chi connectivity index (χ0) is 14.7. The second-order valence-corrected chi connectivity index (χ2v) is 5.90. The summed E-state index contributed by atoms with van der Waals surface area (Å²) in [5.74, 6) is -0.253. The van der Waals surface area contributed by atoms with Crippen LogP contribution in [-0.4, -0.2) is 13.8 Å². The Kier molecular flexibility index (Phi) is 4.83. The lowest BCUT2D eigenvalue weighted by Gasteiger charge is -2.30. The molecule has 0 heterocycles. The summed E-state index contributed by atoms with van der Waals surface area (Å²) < 4.78 is 0. The molecule has 0 aromatic heterocycles. The molecule has 0 fully saturated rings. The van der Waals surface area contributed by atoms with E-state index in [1.165, 1.54) is 5.56 Å². The molecule has 0 spiro atoms.